The molecule has 0 unspecified atom stereocenters. The molecule has 2 saturated heterocycles. The Kier molecular flexibility index (Phi) is 6.91. The van der Waals surface area contributed by atoms with Gasteiger partial charge in [0.15, 0.2) is 0 Å². The smallest absolute Gasteiger partial charge is 0.254 e. The Bertz CT molecular complexity index is 1280. The van der Waals surface area contributed by atoms with Crippen LogP contribution in [0.25, 0.3) is 10.9 Å². The molecular formula is C23H25ClF2N6O3. The number of halogens is 3. The molecular weight excluding hydrogens is 482 g/mol. The number of ether oxygens (including phenoxy) is 1. The van der Waals surface area contributed by atoms with Gasteiger partial charge in [-0.1, -0.05) is 0 Å². The number of morpholine rings is 1. The van der Waals surface area contributed by atoms with Crippen molar-refractivity contribution in [1.29, 1.82) is 0 Å². The summed E-state index contributed by atoms with van der Waals surface area (Å²) in [7, 11) is 0. The van der Waals surface area contributed by atoms with Gasteiger partial charge >= 0.3 is 0 Å². The summed E-state index contributed by atoms with van der Waals surface area (Å²) in [5, 5.41) is 4.69. The standard InChI is InChI=1S/C23H24F2N6O3.ClH/c1-13-12-34-5-4-30(13)20(32)11-31-18-8-16(24)7-17(25)21(18)22(28-31)15-9-29(10-15)23(33)14-2-3-27-19(26)6-14;/h2-3,6-8,13,15H,4-5,9-12H2,1H3,(H2,26,27);1H/t13-;/m1./s1. The number of likely N-dealkylation sites (tertiary alicyclic amines) is 1. The number of nitrogens with two attached hydrogens (primary N) is 1. The van der Waals surface area contributed by atoms with Gasteiger partial charge in [0.25, 0.3) is 5.91 Å². The molecule has 2 aromatic heterocycles. The molecule has 2 fully saturated rings. The van der Waals surface area contributed by atoms with Crippen LogP contribution < -0.4 is 5.73 Å². The summed E-state index contributed by atoms with van der Waals surface area (Å²) in [6.45, 7) is 3.72. The fourth-order valence-electron chi connectivity index (χ4n) is 4.56. The van der Waals surface area contributed by atoms with Crippen LogP contribution in [0.4, 0.5) is 14.6 Å². The van der Waals surface area contributed by atoms with Gasteiger partial charge in [-0.15, -0.1) is 12.4 Å². The third-order valence-corrected chi connectivity index (χ3v) is 6.35. The number of hydrogen-bond donors (Lipinski definition) is 1. The van der Waals surface area contributed by atoms with Crippen molar-refractivity contribution in [1.82, 2.24) is 24.6 Å². The Balaban J connectivity index is 0.00000289. The van der Waals surface area contributed by atoms with Crippen LogP contribution in [-0.2, 0) is 16.1 Å². The number of amides is 2. The van der Waals surface area contributed by atoms with Crippen molar-refractivity contribution in [2.24, 2.45) is 0 Å². The van der Waals surface area contributed by atoms with Gasteiger partial charge in [0.1, 0.15) is 24.0 Å². The molecule has 0 spiro atoms. The number of aromatic nitrogens is 3. The first-order valence-corrected chi connectivity index (χ1v) is 11.0. The molecule has 35 heavy (non-hydrogen) atoms. The van der Waals surface area contributed by atoms with Crippen LogP contribution in [0.5, 0.6) is 0 Å². The molecule has 2 amide bonds. The summed E-state index contributed by atoms with van der Waals surface area (Å²) in [4.78, 5) is 32.8. The molecule has 0 saturated carbocycles. The first-order chi connectivity index (χ1) is 16.3. The van der Waals surface area contributed by atoms with Gasteiger partial charge in [-0.2, -0.15) is 5.10 Å². The van der Waals surface area contributed by atoms with E-state index in [-0.39, 0.29) is 59.4 Å². The van der Waals surface area contributed by atoms with Gasteiger partial charge in [-0.05, 0) is 19.1 Å². The van der Waals surface area contributed by atoms with Crippen LogP contribution >= 0.6 is 12.4 Å². The van der Waals surface area contributed by atoms with E-state index in [4.69, 9.17) is 10.5 Å². The molecule has 5 rings (SSSR count). The predicted molar refractivity (Wildman–Crippen MR) is 126 cm³/mol. The number of nitrogen functional groups attached to an aromatic ring is 1. The molecule has 0 radical (unpaired) electrons. The molecule has 2 aliphatic rings. The lowest BCUT2D eigenvalue weighted by atomic mass is 9.93. The minimum Gasteiger partial charge on any atom is -0.384 e. The van der Waals surface area contributed by atoms with Gasteiger partial charge < -0.3 is 20.3 Å². The normalized spacial score (nSPS) is 18.3. The lowest BCUT2D eigenvalue weighted by Gasteiger charge is -2.38. The minimum absolute atomic E-state index is 0. The van der Waals surface area contributed by atoms with Gasteiger partial charge in [0.2, 0.25) is 5.91 Å². The van der Waals surface area contributed by atoms with E-state index in [0.29, 0.717) is 44.1 Å². The van der Waals surface area contributed by atoms with Gasteiger partial charge in [0, 0.05) is 49.4 Å². The summed E-state index contributed by atoms with van der Waals surface area (Å²) in [6, 6.07) is 4.98. The Morgan fingerprint density at radius 1 is 1.23 bits per heavy atom. The van der Waals surface area contributed by atoms with Crippen molar-refractivity contribution in [2.75, 3.05) is 38.6 Å². The first kappa shape index (κ1) is 24.8. The molecule has 1 aromatic carbocycles. The van der Waals surface area contributed by atoms with Crippen LogP contribution in [0.1, 0.15) is 28.9 Å². The second-order valence-electron chi connectivity index (χ2n) is 8.71. The average molecular weight is 507 g/mol. The summed E-state index contributed by atoms with van der Waals surface area (Å²) in [6.07, 6.45) is 1.46. The van der Waals surface area contributed by atoms with Crippen LogP contribution in [0, 0.1) is 11.6 Å². The summed E-state index contributed by atoms with van der Waals surface area (Å²) < 4.78 is 35.7. The molecule has 3 aromatic rings. The lowest BCUT2D eigenvalue weighted by Crippen LogP contribution is -2.49. The summed E-state index contributed by atoms with van der Waals surface area (Å²) in [5.41, 5.74) is 6.71. The number of nitrogens with zero attached hydrogens (tertiary/aromatic N) is 5. The van der Waals surface area contributed by atoms with E-state index >= 15 is 0 Å². The number of anilines is 1. The zero-order valence-corrected chi connectivity index (χ0v) is 19.8. The molecule has 1 atom stereocenters. The highest BCUT2D eigenvalue weighted by Gasteiger charge is 2.36. The van der Waals surface area contributed by atoms with E-state index in [9.17, 15) is 18.4 Å². The van der Waals surface area contributed by atoms with Crippen LogP contribution in [0.15, 0.2) is 30.5 Å². The molecule has 186 valence electrons. The summed E-state index contributed by atoms with van der Waals surface area (Å²) in [5.74, 6) is -1.89. The maximum atomic E-state index is 14.9. The molecule has 2 aliphatic heterocycles. The number of benzene rings is 1. The third kappa shape index (κ3) is 4.65. The van der Waals surface area contributed by atoms with E-state index in [1.54, 1.807) is 15.9 Å². The van der Waals surface area contributed by atoms with Gasteiger partial charge in [0.05, 0.1) is 35.9 Å². The fourth-order valence-corrected chi connectivity index (χ4v) is 4.56. The molecule has 0 bridgehead atoms. The van der Waals surface area contributed by atoms with Crippen molar-refractivity contribution in [2.45, 2.75) is 25.4 Å². The number of carbonyl (C=O) groups excluding carboxylic acids is 2. The van der Waals surface area contributed by atoms with Crippen molar-refractivity contribution < 1.29 is 23.1 Å². The largest absolute Gasteiger partial charge is 0.384 e. The maximum Gasteiger partial charge on any atom is 0.254 e. The number of fused-ring (bicyclic) bond motifs is 1. The molecule has 12 heteroatoms. The monoisotopic (exact) mass is 506 g/mol. The predicted octanol–water partition coefficient (Wildman–Crippen LogP) is 2.20. The average Bonchev–Trinajstić information content (AvgIpc) is 3.10. The van der Waals surface area contributed by atoms with Gasteiger partial charge in [-0.25, -0.2) is 13.8 Å². The minimum atomic E-state index is -0.745. The Morgan fingerprint density at radius 2 is 2.00 bits per heavy atom. The van der Waals surface area contributed by atoms with Crippen molar-refractivity contribution in [3.8, 4) is 0 Å². The SMILES string of the molecule is C[C@@H]1COCCN1C(=O)Cn1nc(C2CN(C(=O)c3ccnc(N)c3)C2)c2c(F)cc(F)cc21.Cl. The van der Waals surface area contributed by atoms with Crippen LogP contribution in [0.3, 0.4) is 0 Å². The number of hydrogen-bond acceptors (Lipinski definition) is 6. The van der Waals surface area contributed by atoms with E-state index < -0.39 is 11.6 Å². The lowest BCUT2D eigenvalue weighted by molar-refractivity contribution is -0.139. The van der Waals surface area contributed by atoms with Crippen molar-refractivity contribution >= 4 is 40.9 Å². The van der Waals surface area contributed by atoms with E-state index in [2.05, 4.69) is 10.1 Å². The summed E-state index contributed by atoms with van der Waals surface area (Å²) >= 11 is 0. The Morgan fingerprint density at radius 3 is 2.71 bits per heavy atom. The highest BCUT2D eigenvalue weighted by atomic mass is 35.5. The molecule has 9 nitrogen and oxygen atoms in total. The number of carbonyl (C=O) groups is 2. The highest BCUT2D eigenvalue weighted by Crippen LogP contribution is 2.34. The number of pyridine rings is 1. The van der Waals surface area contributed by atoms with Crippen molar-refractivity contribution in [3.05, 3.63) is 53.4 Å². The Hall–Kier alpha value is -3.31. The van der Waals surface area contributed by atoms with Crippen molar-refractivity contribution in [3.63, 3.8) is 0 Å². The second kappa shape index (κ2) is 9.74. The molecule has 0 aliphatic carbocycles. The molecule has 4 heterocycles. The van der Waals surface area contributed by atoms with Gasteiger partial charge in [-0.3, -0.25) is 14.3 Å². The topological polar surface area (TPSA) is 107 Å². The second-order valence-corrected chi connectivity index (χ2v) is 8.71. The highest BCUT2D eigenvalue weighted by molar-refractivity contribution is 5.95. The molecule has 2 N–H and O–H groups in total. The van der Waals surface area contributed by atoms with E-state index in [1.807, 2.05) is 6.92 Å². The number of rotatable bonds is 4. The zero-order chi connectivity index (χ0) is 24.0. The maximum absolute atomic E-state index is 14.9. The van der Waals surface area contributed by atoms with Crippen LogP contribution in [-0.4, -0.2) is 75.3 Å². The fraction of sp³-hybridized carbons (Fsp3) is 0.391. The van der Waals surface area contributed by atoms with E-state index in [0.717, 1.165) is 6.07 Å². The zero-order valence-electron chi connectivity index (χ0n) is 19.0. The third-order valence-electron chi connectivity index (χ3n) is 6.35. The van der Waals surface area contributed by atoms with E-state index in [1.165, 1.54) is 23.0 Å². The first-order valence-electron chi connectivity index (χ1n) is 11.0. The Labute approximate surface area is 206 Å². The quantitative estimate of drug-likeness (QED) is 0.581. The van der Waals surface area contributed by atoms with Crippen LogP contribution in [0.2, 0.25) is 0 Å².